The van der Waals surface area contributed by atoms with Gasteiger partial charge in [0.15, 0.2) is 0 Å². The van der Waals surface area contributed by atoms with Gasteiger partial charge in [-0.05, 0) is 73.7 Å². The summed E-state index contributed by atoms with van der Waals surface area (Å²) in [6.45, 7) is 1.66. The SMILES string of the molecule is O=C(Nc1ccc(S(=O)(=O)N2CCCc3ccccc32)cc1)C1CCN(c2ccccc2F)CC1. The predicted molar refractivity (Wildman–Crippen MR) is 136 cm³/mol. The maximum absolute atomic E-state index is 14.1. The molecule has 0 spiro atoms. The number of amides is 1. The summed E-state index contributed by atoms with van der Waals surface area (Å²) in [5.41, 5.74) is 2.90. The molecule has 2 heterocycles. The van der Waals surface area contributed by atoms with E-state index in [2.05, 4.69) is 5.32 Å². The van der Waals surface area contributed by atoms with Crippen molar-refractivity contribution in [3.8, 4) is 0 Å². The van der Waals surface area contributed by atoms with Gasteiger partial charge in [0.1, 0.15) is 5.82 Å². The van der Waals surface area contributed by atoms with E-state index in [1.165, 1.54) is 10.4 Å². The first-order valence-corrected chi connectivity index (χ1v) is 13.4. The van der Waals surface area contributed by atoms with Crippen LogP contribution in [0.1, 0.15) is 24.8 Å². The van der Waals surface area contributed by atoms with Gasteiger partial charge in [-0.15, -0.1) is 0 Å². The molecule has 35 heavy (non-hydrogen) atoms. The highest BCUT2D eigenvalue weighted by Gasteiger charge is 2.29. The molecule has 1 saturated heterocycles. The normalized spacial score (nSPS) is 16.6. The van der Waals surface area contributed by atoms with Gasteiger partial charge in [-0.2, -0.15) is 0 Å². The molecule has 0 saturated carbocycles. The second kappa shape index (κ2) is 9.70. The van der Waals surface area contributed by atoms with Crippen LogP contribution in [0.15, 0.2) is 77.7 Å². The molecule has 0 radical (unpaired) electrons. The van der Waals surface area contributed by atoms with E-state index >= 15 is 0 Å². The zero-order valence-corrected chi connectivity index (χ0v) is 20.2. The van der Waals surface area contributed by atoms with Crippen LogP contribution < -0.4 is 14.5 Å². The lowest BCUT2D eigenvalue weighted by atomic mass is 9.95. The highest BCUT2D eigenvalue weighted by Crippen LogP contribution is 2.32. The van der Waals surface area contributed by atoms with E-state index in [4.69, 9.17) is 0 Å². The third-order valence-corrected chi connectivity index (χ3v) is 8.66. The number of rotatable bonds is 5. The first-order chi connectivity index (χ1) is 16.9. The maximum Gasteiger partial charge on any atom is 0.264 e. The second-order valence-electron chi connectivity index (χ2n) is 9.04. The van der Waals surface area contributed by atoms with Crippen LogP contribution in [-0.2, 0) is 21.2 Å². The Bertz CT molecular complexity index is 1320. The average Bonchev–Trinajstić information content (AvgIpc) is 2.89. The summed E-state index contributed by atoms with van der Waals surface area (Å²) >= 11 is 0. The molecule has 0 unspecified atom stereocenters. The minimum Gasteiger partial charge on any atom is -0.369 e. The maximum atomic E-state index is 14.1. The largest absolute Gasteiger partial charge is 0.369 e. The lowest BCUT2D eigenvalue weighted by Crippen LogP contribution is -2.38. The molecule has 1 N–H and O–H groups in total. The molecule has 2 aliphatic rings. The minimum atomic E-state index is -3.69. The van der Waals surface area contributed by atoms with Gasteiger partial charge in [0.2, 0.25) is 5.91 Å². The van der Waals surface area contributed by atoms with Gasteiger partial charge in [-0.3, -0.25) is 9.10 Å². The van der Waals surface area contributed by atoms with Crippen molar-refractivity contribution in [1.82, 2.24) is 0 Å². The number of para-hydroxylation sites is 2. The lowest BCUT2D eigenvalue weighted by Gasteiger charge is -2.33. The van der Waals surface area contributed by atoms with Crippen LogP contribution in [0.4, 0.5) is 21.5 Å². The van der Waals surface area contributed by atoms with Crippen molar-refractivity contribution in [2.75, 3.05) is 34.2 Å². The summed E-state index contributed by atoms with van der Waals surface area (Å²) in [6, 6.07) is 20.6. The fourth-order valence-corrected chi connectivity index (χ4v) is 6.46. The zero-order chi connectivity index (χ0) is 24.4. The van der Waals surface area contributed by atoms with Crippen LogP contribution in [0.3, 0.4) is 0 Å². The Morgan fingerprint density at radius 3 is 2.23 bits per heavy atom. The van der Waals surface area contributed by atoms with E-state index in [0.29, 0.717) is 43.9 Å². The first kappa shape index (κ1) is 23.4. The number of benzene rings is 3. The highest BCUT2D eigenvalue weighted by atomic mass is 32.2. The summed E-state index contributed by atoms with van der Waals surface area (Å²) < 4.78 is 42.2. The Kier molecular flexibility index (Phi) is 6.47. The van der Waals surface area contributed by atoms with Gasteiger partial charge in [0.05, 0.1) is 16.3 Å². The molecule has 0 atom stereocenters. The summed E-state index contributed by atoms with van der Waals surface area (Å²) in [5.74, 6) is -0.525. The topological polar surface area (TPSA) is 69.7 Å². The number of hydrogen-bond acceptors (Lipinski definition) is 4. The fourth-order valence-electron chi connectivity index (χ4n) is 4.92. The monoisotopic (exact) mass is 493 g/mol. The van der Waals surface area contributed by atoms with Gasteiger partial charge in [-0.25, -0.2) is 12.8 Å². The van der Waals surface area contributed by atoms with Gasteiger partial charge < -0.3 is 10.2 Å². The Labute approximate surface area is 205 Å². The number of carbonyl (C=O) groups is 1. The van der Waals surface area contributed by atoms with Crippen molar-refractivity contribution < 1.29 is 17.6 Å². The molecule has 2 aliphatic heterocycles. The average molecular weight is 494 g/mol. The van der Waals surface area contributed by atoms with E-state index in [0.717, 1.165) is 24.1 Å². The van der Waals surface area contributed by atoms with E-state index in [9.17, 15) is 17.6 Å². The molecule has 1 fully saturated rings. The number of fused-ring (bicyclic) bond motifs is 1. The molecule has 0 bridgehead atoms. The fraction of sp³-hybridized carbons (Fsp3) is 0.296. The molecule has 1 amide bonds. The number of nitrogens with one attached hydrogen (secondary N) is 1. The Morgan fingerprint density at radius 1 is 0.857 bits per heavy atom. The van der Waals surface area contributed by atoms with Crippen molar-refractivity contribution in [2.24, 2.45) is 5.92 Å². The number of hydrogen-bond donors (Lipinski definition) is 1. The van der Waals surface area contributed by atoms with Crippen LogP contribution in [-0.4, -0.2) is 34.0 Å². The van der Waals surface area contributed by atoms with E-state index < -0.39 is 10.0 Å². The number of carbonyl (C=O) groups excluding carboxylic acids is 1. The van der Waals surface area contributed by atoms with Gasteiger partial charge in [0, 0.05) is 31.2 Å². The third kappa shape index (κ3) is 4.75. The van der Waals surface area contributed by atoms with Crippen molar-refractivity contribution in [3.63, 3.8) is 0 Å². The molecular weight excluding hydrogens is 465 g/mol. The van der Waals surface area contributed by atoms with Crippen LogP contribution >= 0.6 is 0 Å². The first-order valence-electron chi connectivity index (χ1n) is 11.9. The van der Waals surface area contributed by atoms with E-state index in [1.807, 2.05) is 35.2 Å². The molecule has 5 rings (SSSR count). The molecule has 182 valence electrons. The molecule has 0 aliphatic carbocycles. The Morgan fingerprint density at radius 2 is 1.51 bits per heavy atom. The molecule has 6 nitrogen and oxygen atoms in total. The molecule has 0 aromatic heterocycles. The van der Waals surface area contributed by atoms with Crippen molar-refractivity contribution in [1.29, 1.82) is 0 Å². The zero-order valence-electron chi connectivity index (χ0n) is 19.4. The summed E-state index contributed by atoms with van der Waals surface area (Å²) in [7, 11) is -3.69. The lowest BCUT2D eigenvalue weighted by molar-refractivity contribution is -0.120. The smallest absolute Gasteiger partial charge is 0.264 e. The van der Waals surface area contributed by atoms with Crippen molar-refractivity contribution in [3.05, 3.63) is 84.2 Å². The van der Waals surface area contributed by atoms with Crippen molar-refractivity contribution in [2.45, 2.75) is 30.6 Å². The van der Waals surface area contributed by atoms with Crippen LogP contribution in [0.5, 0.6) is 0 Å². The van der Waals surface area contributed by atoms with Gasteiger partial charge in [-0.1, -0.05) is 30.3 Å². The van der Waals surface area contributed by atoms with E-state index in [1.54, 1.807) is 36.4 Å². The van der Waals surface area contributed by atoms with Crippen LogP contribution in [0, 0.1) is 11.7 Å². The summed E-state index contributed by atoms with van der Waals surface area (Å²) in [4.78, 5) is 15.0. The predicted octanol–water partition coefficient (Wildman–Crippen LogP) is 4.82. The van der Waals surface area contributed by atoms with Crippen molar-refractivity contribution >= 4 is 33.0 Å². The Balaban J connectivity index is 1.22. The van der Waals surface area contributed by atoms with Crippen LogP contribution in [0.25, 0.3) is 0 Å². The molecule has 3 aromatic carbocycles. The highest BCUT2D eigenvalue weighted by molar-refractivity contribution is 7.92. The number of sulfonamides is 1. The quantitative estimate of drug-likeness (QED) is 0.553. The Hall–Kier alpha value is -3.39. The van der Waals surface area contributed by atoms with Crippen LogP contribution in [0.2, 0.25) is 0 Å². The standard InChI is InChI=1S/C27H28FN3O3S/c28-24-8-2-4-10-26(24)30-18-15-21(16-19-30)27(32)29-22-11-13-23(14-12-22)35(33,34)31-17-5-7-20-6-1-3-9-25(20)31/h1-4,6,8-14,21H,5,7,15-19H2,(H,29,32). The number of piperidine rings is 1. The van der Waals surface area contributed by atoms with Gasteiger partial charge in [0.25, 0.3) is 10.0 Å². The number of nitrogens with zero attached hydrogens (tertiary/aromatic N) is 2. The molecule has 8 heteroatoms. The number of halogens is 1. The van der Waals surface area contributed by atoms with E-state index in [-0.39, 0.29) is 22.5 Å². The summed E-state index contributed by atoms with van der Waals surface area (Å²) in [6.07, 6.45) is 2.90. The second-order valence-corrected chi connectivity index (χ2v) is 10.9. The third-order valence-electron chi connectivity index (χ3n) is 6.84. The molecule has 3 aromatic rings. The minimum absolute atomic E-state index is 0.0984. The number of aryl methyl sites for hydroxylation is 1. The number of anilines is 3. The van der Waals surface area contributed by atoms with Gasteiger partial charge >= 0.3 is 0 Å². The summed E-state index contributed by atoms with van der Waals surface area (Å²) in [5, 5.41) is 2.91. The molecular formula is C27H28FN3O3S.